The molecule has 1 heterocycles. The molecule has 8 nitrogen and oxygen atoms in total. The molecule has 0 radical (unpaired) electrons. The third-order valence-corrected chi connectivity index (χ3v) is 7.87. The minimum atomic E-state index is -4.13. The van der Waals surface area contributed by atoms with Gasteiger partial charge in [-0.3, -0.25) is 9.10 Å². The van der Waals surface area contributed by atoms with Crippen molar-refractivity contribution in [2.45, 2.75) is 25.3 Å². The maximum atomic E-state index is 13.7. The maximum Gasteiger partial charge on any atom is 0.264 e. The van der Waals surface area contributed by atoms with Crippen molar-refractivity contribution < 1.29 is 17.9 Å². The molecule has 0 saturated carbocycles. The molecule has 0 saturated heterocycles. The SMILES string of the molecule is COc1ccc(Cl)cc1N(CC(=O)NCc1ccccc1-n1ccnc1C)S(=O)(=O)c1ccc(C)cc1. The van der Waals surface area contributed by atoms with Gasteiger partial charge in [0.25, 0.3) is 10.0 Å². The van der Waals surface area contributed by atoms with Gasteiger partial charge in [-0.25, -0.2) is 13.4 Å². The van der Waals surface area contributed by atoms with E-state index < -0.39 is 22.5 Å². The van der Waals surface area contributed by atoms with Crippen molar-refractivity contribution >= 4 is 33.2 Å². The van der Waals surface area contributed by atoms with Crippen LogP contribution in [0.3, 0.4) is 0 Å². The van der Waals surface area contributed by atoms with E-state index in [0.717, 1.165) is 26.9 Å². The van der Waals surface area contributed by atoms with Gasteiger partial charge in [0.1, 0.15) is 18.1 Å². The second-order valence-electron chi connectivity index (χ2n) is 8.39. The molecule has 10 heteroatoms. The van der Waals surface area contributed by atoms with Crippen molar-refractivity contribution in [2.75, 3.05) is 18.0 Å². The predicted octanol–water partition coefficient (Wildman–Crippen LogP) is 4.66. The van der Waals surface area contributed by atoms with Crippen LogP contribution in [0.2, 0.25) is 5.02 Å². The summed E-state index contributed by atoms with van der Waals surface area (Å²) in [6.07, 6.45) is 3.55. The zero-order chi connectivity index (χ0) is 26.6. The minimum absolute atomic E-state index is 0.0499. The first kappa shape index (κ1) is 26.2. The number of anilines is 1. The minimum Gasteiger partial charge on any atom is -0.495 e. The number of hydrogen-bond acceptors (Lipinski definition) is 5. The van der Waals surface area contributed by atoms with E-state index in [9.17, 15) is 13.2 Å². The van der Waals surface area contributed by atoms with E-state index in [1.54, 1.807) is 30.5 Å². The summed E-state index contributed by atoms with van der Waals surface area (Å²) < 4.78 is 35.8. The Hall–Kier alpha value is -3.82. The van der Waals surface area contributed by atoms with E-state index in [2.05, 4.69) is 10.3 Å². The fourth-order valence-electron chi connectivity index (χ4n) is 3.90. The van der Waals surface area contributed by atoms with Crippen LogP contribution in [0.4, 0.5) is 5.69 Å². The molecule has 4 rings (SSSR count). The Labute approximate surface area is 221 Å². The van der Waals surface area contributed by atoms with Crippen LogP contribution in [-0.2, 0) is 21.4 Å². The van der Waals surface area contributed by atoms with Crippen LogP contribution in [-0.4, -0.2) is 37.5 Å². The largest absolute Gasteiger partial charge is 0.495 e. The number of nitrogens with zero attached hydrogens (tertiary/aromatic N) is 3. The lowest BCUT2D eigenvalue weighted by molar-refractivity contribution is -0.119. The van der Waals surface area contributed by atoms with E-state index in [1.807, 2.05) is 48.9 Å². The summed E-state index contributed by atoms with van der Waals surface area (Å²) in [4.78, 5) is 17.5. The van der Waals surface area contributed by atoms with Crippen LogP contribution in [0.5, 0.6) is 5.75 Å². The third kappa shape index (κ3) is 5.79. The molecule has 0 fully saturated rings. The molecule has 1 N–H and O–H groups in total. The summed E-state index contributed by atoms with van der Waals surface area (Å²) in [6, 6.07) is 18.7. The lowest BCUT2D eigenvalue weighted by Gasteiger charge is -2.26. The van der Waals surface area contributed by atoms with Crippen LogP contribution in [0.15, 0.2) is 84.0 Å². The number of aryl methyl sites for hydroxylation is 2. The molecule has 37 heavy (non-hydrogen) atoms. The van der Waals surface area contributed by atoms with Crippen LogP contribution in [0.1, 0.15) is 17.0 Å². The number of para-hydroxylation sites is 1. The van der Waals surface area contributed by atoms with Gasteiger partial charge in [-0.15, -0.1) is 0 Å². The number of hydrogen-bond donors (Lipinski definition) is 1. The van der Waals surface area contributed by atoms with E-state index in [4.69, 9.17) is 16.3 Å². The Morgan fingerprint density at radius 2 is 1.81 bits per heavy atom. The van der Waals surface area contributed by atoms with Gasteiger partial charge < -0.3 is 14.6 Å². The van der Waals surface area contributed by atoms with Gasteiger partial charge >= 0.3 is 0 Å². The van der Waals surface area contributed by atoms with Crippen LogP contribution in [0, 0.1) is 13.8 Å². The number of benzene rings is 3. The first-order chi connectivity index (χ1) is 17.7. The number of imidazole rings is 1. The Kier molecular flexibility index (Phi) is 7.85. The monoisotopic (exact) mass is 538 g/mol. The fourth-order valence-corrected chi connectivity index (χ4v) is 5.49. The standard InChI is InChI=1S/C27H27ClN4O4S/c1-19-8-11-23(12-9-19)37(34,35)32(25-16-22(28)10-13-26(25)36-3)18-27(33)30-17-21-6-4-5-7-24(21)31-15-14-29-20(31)2/h4-16H,17-18H2,1-3H3,(H,30,33). The number of sulfonamides is 1. The zero-order valence-corrected chi connectivity index (χ0v) is 22.3. The topological polar surface area (TPSA) is 93.5 Å². The molecule has 1 amide bonds. The number of rotatable bonds is 9. The van der Waals surface area contributed by atoms with Crippen molar-refractivity contribution in [1.82, 2.24) is 14.9 Å². The lowest BCUT2D eigenvalue weighted by Crippen LogP contribution is -2.41. The Balaban J connectivity index is 1.64. The molecular formula is C27H27ClN4O4S. The molecule has 0 aliphatic carbocycles. The van der Waals surface area contributed by atoms with Crippen molar-refractivity contribution in [3.05, 3.63) is 101 Å². The van der Waals surface area contributed by atoms with Gasteiger partial charge in [-0.1, -0.05) is 47.5 Å². The number of ether oxygens (including phenoxy) is 1. The van der Waals surface area contributed by atoms with Crippen molar-refractivity contribution in [1.29, 1.82) is 0 Å². The Bertz CT molecular complexity index is 1520. The van der Waals surface area contributed by atoms with Gasteiger partial charge in [0, 0.05) is 24.0 Å². The molecule has 4 aromatic rings. The van der Waals surface area contributed by atoms with E-state index in [0.29, 0.717) is 5.02 Å². The van der Waals surface area contributed by atoms with Gasteiger partial charge in [-0.2, -0.15) is 0 Å². The van der Waals surface area contributed by atoms with Gasteiger partial charge in [-0.05, 0) is 55.8 Å². The highest BCUT2D eigenvalue weighted by molar-refractivity contribution is 7.92. The van der Waals surface area contributed by atoms with Gasteiger partial charge in [0.15, 0.2) is 0 Å². The van der Waals surface area contributed by atoms with Gasteiger partial charge in [0.05, 0.1) is 23.4 Å². The van der Waals surface area contributed by atoms with E-state index >= 15 is 0 Å². The first-order valence-corrected chi connectivity index (χ1v) is 13.3. The van der Waals surface area contributed by atoms with Crippen molar-refractivity contribution in [3.8, 4) is 11.4 Å². The number of halogens is 1. The number of carbonyl (C=O) groups is 1. The predicted molar refractivity (Wildman–Crippen MR) is 144 cm³/mol. The first-order valence-electron chi connectivity index (χ1n) is 11.5. The van der Waals surface area contributed by atoms with Crippen molar-refractivity contribution in [2.24, 2.45) is 0 Å². The third-order valence-electron chi connectivity index (χ3n) is 5.86. The zero-order valence-electron chi connectivity index (χ0n) is 20.7. The average molecular weight is 539 g/mol. The number of amides is 1. The highest BCUT2D eigenvalue weighted by atomic mass is 35.5. The second kappa shape index (κ2) is 11.1. The summed E-state index contributed by atoms with van der Waals surface area (Å²) in [5.41, 5.74) is 2.80. The molecule has 1 aromatic heterocycles. The highest BCUT2D eigenvalue weighted by Crippen LogP contribution is 2.34. The molecule has 0 atom stereocenters. The Morgan fingerprint density at radius 3 is 2.49 bits per heavy atom. The Morgan fingerprint density at radius 1 is 1.08 bits per heavy atom. The molecule has 0 aliphatic rings. The van der Waals surface area contributed by atoms with Crippen molar-refractivity contribution in [3.63, 3.8) is 0 Å². The molecule has 0 unspecified atom stereocenters. The fraction of sp³-hybridized carbons (Fsp3) is 0.185. The van der Waals surface area contributed by atoms with Crippen LogP contribution in [0.25, 0.3) is 5.69 Å². The molecule has 192 valence electrons. The highest BCUT2D eigenvalue weighted by Gasteiger charge is 2.29. The smallest absolute Gasteiger partial charge is 0.264 e. The summed E-state index contributed by atoms with van der Waals surface area (Å²) in [6.45, 7) is 3.48. The molecular weight excluding hydrogens is 512 g/mol. The molecule has 3 aromatic carbocycles. The number of methoxy groups -OCH3 is 1. The number of aromatic nitrogens is 2. The van der Waals surface area contributed by atoms with Crippen LogP contribution < -0.4 is 14.4 Å². The van der Waals surface area contributed by atoms with Gasteiger partial charge in [0.2, 0.25) is 5.91 Å². The number of carbonyl (C=O) groups excluding carboxylic acids is 1. The number of nitrogens with one attached hydrogen (secondary N) is 1. The lowest BCUT2D eigenvalue weighted by atomic mass is 10.1. The van der Waals surface area contributed by atoms with E-state index in [-0.39, 0.29) is 22.9 Å². The normalized spacial score (nSPS) is 11.2. The molecule has 0 aliphatic heterocycles. The van der Waals surface area contributed by atoms with Crippen LogP contribution >= 0.6 is 11.6 Å². The quantitative estimate of drug-likeness (QED) is 0.334. The average Bonchev–Trinajstić information content (AvgIpc) is 3.32. The maximum absolute atomic E-state index is 13.7. The second-order valence-corrected chi connectivity index (χ2v) is 10.7. The molecule has 0 bridgehead atoms. The molecule has 0 spiro atoms. The summed E-state index contributed by atoms with van der Waals surface area (Å²) >= 11 is 6.21. The summed E-state index contributed by atoms with van der Waals surface area (Å²) in [5.74, 6) is 0.589. The summed E-state index contributed by atoms with van der Waals surface area (Å²) in [7, 11) is -2.70. The van der Waals surface area contributed by atoms with E-state index in [1.165, 1.54) is 25.3 Å². The summed E-state index contributed by atoms with van der Waals surface area (Å²) in [5, 5.41) is 3.16.